The summed E-state index contributed by atoms with van der Waals surface area (Å²) in [7, 11) is 1.51. The number of methoxy groups -OCH3 is 1. The SMILES string of the molecule is COc1cc(C=NNc2nc(N)cs2)ccc1OCn1cc([N+](=O)[O-])cn1. The van der Waals surface area contributed by atoms with Gasteiger partial charge in [0, 0.05) is 5.38 Å². The van der Waals surface area contributed by atoms with Crippen molar-refractivity contribution >= 4 is 34.2 Å². The molecule has 2 heterocycles. The Balaban J connectivity index is 1.63. The van der Waals surface area contributed by atoms with E-state index in [0.717, 1.165) is 11.8 Å². The fraction of sp³-hybridized carbons (Fsp3) is 0.133. The number of hydrogen-bond donors (Lipinski definition) is 2. The van der Waals surface area contributed by atoms with E-state index in [-0.39, 0.29) is 12.4 Å². The quantitative estimate of drug-likeness (QED) is 0.339. The summed E-state index contributed by atoms with van der Waals surface area (Å²) in [5.41, 5.74) is 8.99. The highest BCUT2D eigenvalue weighted by atomic mass is 32.1. The van der Waals surface area contributed by atoms with Gasteiger partial charge in [0.05, 0.1) is 18.2 Å². The van der Waals surface area contributed by atoms with Gasteiger partial charge in [-0.2, -0.15) is 10.2 Å². The van der Waals surface area contributed by atoms with E-state index in [4.69, 9.17) is 15.2 Å². The minimum atomic E-state index is -0.522. The highest BCUT2D eigenvalue weighted by Crippen LogP contribution is 2.28. The van der Waals surface area contributed by atoms with Crippen molar-refractivity contribution in [2.45, 2.75) is 6.73 Å². The zero-order chi connectivity index (χ0) is 19.2. The zero-order valence-electron chi connectivity index (χ0n) is 14.1. The predicted octanol–water partition coefficient (Wildman–Crippen LogP) is 2.32. The average molecular weight is 389 g/mol. The number of nitro groups is 1. The van der Waals surface area contributed by atoms with Crippen LogP contribution in [-0.2, 0) is 6.73 Å². The minimum absolute atomic E-state index is 0.00462. The second-order valence-electron chi connectivity index (χ2n) is 5.13. The molecule has 3 N–H and O–H groups in total. The molecule has 12 heteroatoms. The molecule has 0 aliphatic carbocycles. The molecule has 1 aromatic carbocycles. The summed E-state index contributed by atoms with van der Waals surface area (Å²) in [6, 6.07) is 5.23. The van der Waals surface area contributed by atoms with Crippen molar-refractivity contribution < 1.29 is 14.4 Å². The lowest BCUT2D eigenvalue weighted by Crippen LogP contribution is -2.06. The Bertz CT molecular complexity index is 969. The molecule has 11 nitrogen and oxygen atoms in total. The molecule has 0 spiro atoms. The fourth-order valence-corrected chi connectivity index (χ4v) is 2.59. The van der Waals surface area contributed by atoms with Gasteiger partial charge in [-0.05, 0) is 23.8 Å². The van der Waals surface area contributed by atoms with Gasteiger partial charge in [-0.15, -0.1) is 11.3 Å². The van der Waals surface area contributed by atoms with Crippen LogP contribution in [0, 0.1) is 10.1 Å². The lowest BCUT2D eigenvalue weighted by molar-refractivity contribution is -0.385. The molecule has 0 bridgehead atoms. The van der Waals surface area contributed by atoms with Crippen LogP contribution in [-0.4, -0.2) is 33.0 Å². The molecular weight excluding hydrogens is 374 g/mol. The summed E-state index contributed by atoms with van der Waals surface area (Å²) in [5, 5.41) is 20.9. The number of thiazole rings is 1. The van der Waals surface area contributed by atoms with Crippen LogP contribution >= 0.6 is 11.3 Å². The number of hydrazone groups is 1. The molecule has 0 fully saturated rings. The third-order valence-corrected chi connectivity index (χ3v) is 4.03. The van der Waals surface area contributed by atoms with Crippen LogP contribution in [0.4, 0.5) is 16.6 Å². The number of nitrogens with zero attached hydrogens (tertiary/aromatic N) is 5. The molecule has 0 saturated carbocycles. The van der Waals surface area contributed by atoms with Gasteiger partial charge in [-0.3, -0.25) is 15.5 Å². The molecule has 0 saturated heterocycles. The summed E-state index contributed by atoms with van der Waals surface area (Å²) in [6.45, 7) is 0.00462. The first-order valence-electron chi connectivity index (χ1n) is 7.53. The number of ether oxygens (including phenoxy) is 2. The van der Waals surface area contributed by atoms with Gasteiger partial charge in [-0.25, -0.2) is 9.67 Å². The number of nitrogens with two attached hydrogens (primary N) is 1. The van der Waals surface area contributed by atoms with Gasteiger partial charge in [0.1, 0.15) is 18.2 Å². The number of anilines is 2. The van der Waals surface area contributed by atoms with Gasteiger partial charge in [-0.1, -0.05) is 0 Å². The van der Waals surface area contributed by atoms with Crippen molar-refractivity contribution in [2.24, 2.45) is 5.10 Å². The second-order valence-corrected chi connectivity index (χ2v) is 5.98. The van der Waals surface area contributed by atoms with E-state index in [2.05, 4.69) is 20.6 Å². The van der Waals surface area contributed by atoms with Crippen molar-refractivity contribution in [3.05, 3.63) is 51.7 Å². The molecule has 0 amide bonds. The van der Waals surface area contributed by atoms with Gasteiger partial charge < -0.3 is 15.2 Å². The lowest BCUT2D eigenvalue weighted by atomic mass is 10.2. The van der Waals surface area contributed by atoms with Crippen LogP contribution < -0.4 is 20.6 Å². The smallest absolute Gasteiger partial charge is 0.307 e. The van der Waals surface area contributed by atoms with Crippen molar-refractivity contribution in [1.82, 2.24) is 14.8 Å². The Hall–Kier alpha value is -3.67. The minimum Gasteiger partial charge on any atom is -0.493 e. The van der Waals surface area contributed by atoms with Crippen LogP contribution in [0.3, 0.4) is 0 Å². The average Bonchev–Trinajstić information content (AvgIpc) is 3.29. The molecule has 0 aliphatic heterocycles. The standard InChI is InChI=1S/C15H15N7O4S/c1-25-13-4-10(5-17-20-15-19-14(16)8-27-15)2-3-12(13)26-9-21-7-11(6-18-21)22(23)24/h2-8H,9,16H2,1H3,(H,19,20). The molecule has 2 aromatic heterocycles. The normalized spacial score (nSPS) is 10.9. The summed E-state index contributed by atoms with van der Waals surface area (Å²) in [4.78, 5) is 14.2. The monoisotopic (exact) mass is 389 g/mol. The van der Waals surface area contributed by atoms with Gasteiger partial charge in [0.2, 0.25) is 5.13 Å². The third-order valence-electron chi connectivity index (χ3n) is 3.27. The fourth-order valence-electron chi connectivity index (χ4n) is 2.04. The molecule has 27 heavy (non-hydrogen) atoms. The highest BCUT2D eigenvalue weighted by molar-refractivity contribution is 7.14. The van der Waals surface area contributed by atoms with Crippen molar-refractivity contribution in [1.29, 1.82) is 0 Å². The Morgan fingerprint density at radius 3 is 3.00 bits per heavy atom. The molecule has 0 atom stereocenters. The summed E-state index contributed by atoms with van der Waals surface area (Å²) in [5.74, 6) is 1.39. The van der Waals surface area contributed by atoms with Crippen molar-refractivity contribution in [2.75, 3.05) is 18.3 Å². The molecule has 3 rings (SSSR count). The van der Waals surface area contributed by atoms with Crippen LogP contribution in [0.1, 0.15) is 5.56 Å². The van der Waals surface area contributed by atoms with Crippen LogP contribution in [0.5, 0.6) is 11.5 Å². The Kier molecular flexibility index (Phi) is 5.47. The summed E-state index contributed by atoms with van der Waals surface area (Å²) >= 11 is 1.35. The third kappa shape index (κ3) is 4.70. The Morgan fingerprint density at radius 1 is 1.48 bits per heavy atom. The number of nitrogen functional groups attached to an aromatic ring is 1. The van der Waals surface area contributed by atoms with E-state index in [0.29, 0.717) is 22.4 Å². The van der Waals surface area contributed by atoms with Gasteiger partial charge in [0.25, 0.3) is 0 Å². The predicted molar refractivity (Wildman–Crippen MR) is 100 cm³/mol. The molecule has 0 radical (unpaired) electrons. The Labute approximate surface area is 157 Å². The lowest BCUT2D eigenvalue weighted by Gasteiger charge is -2.11. The topological polar surface area (TPSA) is 143 Å². The van der Waals surface area contributed by atoms with E-state index >= 15 is 0 Å². The number of rotatable bonds is 8. The Morgan fingerprint density at radius 2 is 2.33 bits per heavy atom. The summed E-state index contributed by atoms with van der Waals surface area (Å²) < 4.78 is 12.2. The van der Waals surface area contributed by atoms with Gasteiger partial charge >= 0.3 is 5.69 Å². The first-order chi connectivity index (χ1) is 13.0. The van der Waals surface area contributed by atoms with E-state index in [1.165, 1.54) is 29.3 Å². The maximum atomic E-state index is 10.7. The van der Waals surface area contributed by atoms with E-state index in [9.17, 15) is 10.1 Å². The van der Waals surface area contributed by atoms with Crippen molar-refractivity contribution in [3.8, 4) is 11.5 Å². The van der Waals surface area contributed by atoms with Crippen LogP contribution in [0.25, 0.3) is 0 Å². The van der Waals surface area contributed by atoms with Crippen molar-refractivity contribution in [3.63, 3.8) is 0 Å². The maximum absolute atomic E-state index is 10.7. The van der Waals surface area contributed by atoms with Gasteiger partial charge in [0.15, 0.2) is 18.2 Å². The number of benzene rings is 1. The van der Waals surface area contributed by atoms with E-state index in [1.54, 1.807) is 29.8 Å². The molecule has 140 valence electrons. The van der Waals surface area contributed by atoms with E-state index < -0.39 is 4.92 Å². The molecular formula is C15H15N7O4S. The van der Waals surface area contributed by atoms with Crippen LogP contribution in [0.15, 0.2) is 41.1 Å². The number of aromatic nitrogens is 3. The zero-order valence-corrected chi connectivity index (χ0v) is 14.9. The van der Waals surface area contributed by atoms with Crippen LogP contribution in [0.2, 0.25) is 0 Å². The van der Waals surface area contributed by atoms with E-state index in [1.807, 2.05) is 0 Å². The summed E-state index contributed by atoms with van der Waals surface area (Å²) in [6.07, 6.45) is 4.04. The maximum Gasteiger partial charge on any atom is 0.307 e. The number of hydrogen-bond acceptors (Lipinski definition) is 10. The highest BCUT2D eigenvalue weighted by Gasteiger charge is 2.10. The second kappa shape index (κ2) is 8.14. The first kappa shape index (κ1) is 18.1. The molecule has 0 aliphatic rings. The molecule has 3 aromatic rings. The molecule has 0 unspecified atom stereocenters. The largest absolute Gasteiger partial charge is 0.493 e. The number of nitrogens with one attached hydrogen (secondary N) is 1. The first-order valence-corrected chi connectivity index (χ1v) is 8.41.